The van der Waals surface area contributed by atoms with Crippen LogP contribution in [0.4, 0.5) is 5.69 Å². The van der Waals surface area contributed by atoms with E-state index in [0.717, 1.165) is 0 Å². The van der Waals surface area contributed by atoms with Gasteiger partial charge in [0.15, 0.2) is 0 Å². The number of amides is 1. The fourth-order valence-electron chi connectivity index (χ4n) is 1.20. The Morgan fingerprint density at radius 3 is 2.83 bits per heavy atom. The Balaban J connectivity index is 2.86. The van der Waals surface area contributed by atoms with Gasteiger partial charge < -0.3 is 5.32 Å². The molecule has 0 radical (unpaired) electrons. The Morgan fingerprint density at radius 1 is 1.61 bits per heavy atom. The van der Waals surface area contributed by atoms with Gasteiger partial charge >= 0.3 is 0 Å². The summed E-state index contributed by atoms with van der Waals surface area (Å²) in [5.41, 5.74) is 0.0177. The van der Waals surface area contributed by atoms with Gasteiger partial charge in [-0.3, -0.25) is 14.9 Å². The number of carbonyl (C=O) groups excluding carboxylic acids is 1. The minimum absolute atomic E-state index is 0.164. The predicted octanol–water partition coefficient (Wildman–Crippen LogP) is 2.25. The van der Waals surface area contributed by atoms with Crippen LogP contribution in [-0.4, -0.2) is 17.4 Å². The summed E-state index contributed by atoms with van der Waals surface area (Å²) in [6.45, 7) is 1.87. The zero-order valence-electron chi connectivity index (χ0n) is 9.51. The highest BCUT2D eigenvalue weighted by Crippen LogP contribution is 2.21. The van der Waals surface area contributed by atoms with E-state index in [4.69, 9.17) is 5.26 Å². The maximum atomic E-state index is 11.7. The van der Waals surface area contributed by atoms with Crippen LogP contribution in [-0.2, 0) is 0 Å². The molecule has 1 N–H and O–H groups in total. The number of nitro groups is 1. The summed E-state index contributed by atoms with van der Waals surface area (Å²) in [6, 6.07) is 5.97. The highest BCUT2D eigenvalue weighted by atomic mass is 79.9. The molecule has 0 saturated heterocycles. The summed E-state index contributed by atoms with van der Waals surface area (Å²) >= 11 is 3.11. The zero-order chi connectivity index (χ0) is 13.7. The topological polar surface area (TPSA) is 96.0 Å². The number of nitro benzene ring substituents is 1. The highest BCUT2D eigenvalue weighted by Gasteiger charge is 2.14. The third kappa shape index (κ3) is 3.82. The molecule has 1 amide bonds. The van der Waals surface area contributed by atoms with Crippen molar-refractivity contribution in [1.82, 2.24) is 5.32 Å². The third-order valence-corrected chi connectivity index (χ3v) is 2.60. The van der Waals surface area contributed by atoms with Crippen molar-refractivity contribution < 1.29 is 9.72 Å². The molecule has 6 nitrogen and oxygen atoms in total. The molecule has 0 aliphatic heterocycles. The second-order valence-corrected chi connectivity index (χ2v) is 4.61. The Hall–Kier alpha value is -1.94. The Kier molecular flexibility index (Phi) is 4.80. The van der Waals surface area contributed by atoms with Gasteiger partial charge in [-0.2, -0.15) is 5.26 Å². The normalized spacial score (nSPS) is 11.4. The molecule has 7 heteroatoms. The minimum Gasteiger partial charge on any atom is -0.351 e. The molecule has 0 saturated carbocycles. The molecule has 0 aromatic heterocycles. The standard InChI is InChI=1S/C11H10BrN3O3/c1-7(5-13)6-14-11(16)8-2-9(12)4-10(3-8)15(17)18/h2-4,7H,6H2,1H3,(H,14,16). The van der Waals surface area contributed by atoms with E-state index in [1.54, 1.807) is 6.92 Å². The van der Waals surface area contributed by atoms with E-state index >= 15 is 0 Å². The number of halogens is 1. The molecule has 1 atom stereocenters. The smallest absolute Gasteiger partial charge is 0.271 e. The molecule has 0 aliphatic rings. The van der Waals surface area contributed by atoms with Gasteiger partial charge in [0, 0.05) is 28.7 Å². The van der Waals surface area contributed by atoms with E-state index in [1.165, 1.54) is 18.2 Å². The number of rotatable bonds is 4. The summed E-state index contributed by atoms with van der Waals surface area (Å²) < 4.78 is 0.454. The molecule has 0 spiro atoms. The van der Waals surface area contributed by atoms with Gasteiger partial charge in [0.1, 0.15) is 0 Å². The quantitative estimate of drug-likeness (QED) is 0.681. The number of nitriles is 1. The third-order valence-electron chi connectivity index (χ3n) is 2.14. The average Bonchev–Trinajstić information content (AvgIpc) is 2.34. The van der Waals surface area contributed by atoms with Crippen LogP contribution in [0.25, 0.3) is 0 Å². The predicted molar refractivity (Wildman–Crippen MR) is 67.9 cm³/mol. The van der Waals surface area contributed by atoms with Gasteiger partial charge in [-0.05, 0) is 13.0 Å². The van der Waals surface area contributed by atoms with Crippen LogP contribution in [0.1, 0.15) is 17.3 Å². The average molecular weight is 312 g/mol. The summed E-state index contributed by atoms with van der Waals surface area (Å²) in [7, 11) is 0. The van der Waals surface area contributed by atoms with Crippen molar-refractivity contribution in [1.29, 1.82) is 5.26 Å². The summed E-state index contributed by atoms with van der Waals surface area (Å²) in [5.74, 6) is -0.752. The molecular formula is C11H10BrN3O3. The number of benzene rings is 1. The lowest BCUT2D eigenvalue weighted by atomic mass is 10.1. The van der Waals surface area contributed by atoms with E-state index < -0.39 is 10.8 Å². The molecule has 1 aromatic rings. The van der Waals surface area contributed by atoms with Crippen LogP contribution in [0, 0.1) is 27.4 Å². The maximum Gasteiger partial charge on any atom is 0.271 e. The maximum absolute atomic E-state index is 11.7. The monoisotopic (exact) mass is 311 g/mol. The van der Waals surface area contributed by atoms with E-state index in [-0.39, 0.29) is 23.7 Å². The van der Waals surface area contributed by atoms with Gasteiger partial charge in [-0.1, -0.05) is 15.9 Å². The molecule has 1 rings (SSSR count). The molecule has 1 aromatic carbocycles. The first-order valence-electron chi connectivity index (χ1n) is 5.07. The van der Waals surface area contributed by atoms with Crippen LogP contribution in [0.3, 0.4) is 0 Å². The van der Waals surface area contributed by atoms with Gasteiger partial charge in [0.05, 0.1) is 16.9 Å². The lowest BCUT2D eigenvalue weighted by Gasteiger charge is -2.06. The SMILES string of the molecule is CC(C#N)CNC(=O)c1cc(Br)cc([N+](=O)[O-])c1. The Bertz CT molecular complexity index is 525. The van der Waals surface area contributed by atoms with E-state index in [0.29, 0.717) is 4.47 Å². The van der Waals surface area contributed by atoms with Gasteiger partial charge in [-0.15, -0.1) is 0 Å². The van der Waals surface area contributed by atoms with E-state index in [2.05, 4.69) is 21.2 Å². The lowest BCUT2D eigenvalue weighted by Crippen LogP contribution is -2.27. The van der Waals surface area contributed by atoms with Gasteiger partial charge in [0.25, 0.3) is 11.6 Å². The Morgan fingerprint density at radius 2 is 2.28 bits per heavy atom. The van der Waals surface area contributed by atoms with Crippen molar-refractivity contribution in [3.63, 3.8) is 0 Å². The van der Waals surface area contributed by atoms with Crippen LogP contribution >= 0.6 is 15.9 Å². The molecule has 18 heavy (non-hydrogen) atoms. The van der Waals surface area contributed by atoms with Crippen molar-refractivity contribution in [3.8, 4) is 6.07 Å². The molecule has 0 aliphatic carbocycles. The van der Waals surface area contributed by atoms with Crippen molar-refractivity contribution in [3.05, 3.63) is 38.3 Å². The van der Waals surface area contributed by atoms with Gasteiger partial charge in [0.2, 0.25) is 0 Å². The van der Waals surface area contributed by atoms with Crippen molar-refractivity contribution >= 4 is 27.5 Å². The molecule has 94 valence electrons. The van der Waals surface area contributed by atoms with Crippen molar-refractivity contribution in [2.45, 2.75) is 6.92 Å². The number of nitrogens with zero attached hydrogens (tertiary/aromatic N) is 2. The first kappa shape index (κ1) is 14.1. The second kappa shape index (κ2) is 6.12. The minimum atomic E-state index is -0.570. The second-order valence-electron chi connectivity index (χ2n) is 3.70. The summed E-state index contributed by atoms with van der Waals surface area (Å²) in [5, 5.41) is 21.8. The summed E-state index contributed by atoms with van der Waals surface area (Å²) in [4.78, 5) is 21.8. The van der Waals surface area contributed by atoms with E-state index in [1.807, 2.05) is 6.07 Å². The van der Waals surface area contributed by atoms with Crippen LogP contribution in [0.2, 0.25) is 0 Å². The molecule has 0 fully saturated rings. The van der Waals surface area contributed by atoms with Crippen LogP contribution in [0.5, 0.6) is 0 Å². The number of hydrogen-bond acceptors (Lipinski definition) is 4. The Labute approximate surface area is 112 Å². The molecular weight excluding hydrogens is 302 g/mol. The van der Waals surface area contributed by atoms with E-state index in [9.17, 15) is 14.9 Å². The van der Waals surface area contributed by atoms with Crippen LogP contribution < -0.4 is 5.32 Å². The fraction of sp³-hybridized carbons (Fsp3) is 0.273. The summed E-state index contributed by atoms with van der Waals surface area (Å²) in [6.07, 6.45) is 0. The number of carbonyl (C=O) groups is 1. The van der Waals surface area contributed by atoms with Crippen molar-refractivity contribution in [2.75, 3.05) is 6.54 Å². The van der Waals surface area contributed by atoms with Crippen molar-refractivity contribution in [2.24, 2.45) is 5.92 Å². The number of hydrogen-bond donors (Lipinski definition) is 1. The largest absolute Gasteiger partial charge is 0.351 e. The first-order valence-corrected chi connectivity index (χ1v) is 5.86. The zero-order valence-corrected chi connectivity index (χ0v) is 11.1. The highest BCUT2D eigenvalue weighted by molar-refractivity contribution is 9.10. The molecule has 0 bridgehead atoms. The fourth-order valence-corrected chi connectivity index (χ4v) is 1.69. The molecule has 0 heterocycles. The van der Waals surface area contributed by atoms with Gasteiger partial charge in [-0.25, -0.2) is 0 Å². The first-order chi connectivity index (χ1) is 8.43. The number of nitrogens with one attached hydrogen (secondary N) is 1. The van der Waals surface area contributed by atoms with Crippen LogP contribution in [0.15, 0.2) is 22.7 Å². The molecule has 1 unspecified atom stereocenters. The lowest BCUT2D eigenvalue weighted by molar-refractivity contribution is -0.385. The number of non-ortho nitro benzene ring substituents is 1.